The number of ether oxygens (including phenoxy) is 4. The Hall–Kier alpha value is -6.65. The lowest BCUT2D eigenvalue weighted by molar-refractivity contribution is -0.870. The Labute approximate surface area is 606 Å². The first-order valence-electron chi connectivity index (χ1n) is 38.5. The average molecular weight is 1360 g/mol. The molecule has 0 fully saturated rings. The fraction of sp³-hybridized carbons (Fsp3) is 0.544. The van der Waals surface area contributed by atoms with Crippen molar-refractivity contribution in [3.05, 3.63) is 231 Å². The van der Waals surface area contributed by atoms with E-state index in [0.717, 1.165) is 186 Å². The summed E-state index contributed by atoms with van der Waals surface area (Å²) in [6.07, 6.45) is 120. The summed E-state index contributed by atoms with van der Waals surface area (Å²) in [4.78, 5) is 37.7. The van der Waals surface area contributed by atoms with Gasteiger partial charge in [-0.3, -0.25) is 9.59 Å². The molecule has 9 nitrogen and oxygen atoms in total. The van der Waals surface area contributed by atoms with Gasteiger partial charge in [0, 0.05) is 12.8 Å². The fourth-order valence-electron chi connectivity index (χ4n) is 9.62. The number of unbranched alkanes of at least 4 members (excludes halogenated alkanes) is 15. The summed E-state index contributed by atoms with van der Waals surface area (Å²) < 4.78 is 23.0. The molecule has 0 aromatic carbocycles. The molecule has 0 bridgehead atoms. The van der Waals surface area contributed by atoms with Crippen LogP contribution in [0.15, 0.2) is 231 Å². The van der Waals surface area contributed by atoms with E-state index in [1.165, 1.54) is 38.5 Å². The van der Waals surface area contributed by atoms with Crippen molar-refractivity contribution in [3.8, 4) is 0 Å². The van der Waals surface area contributed by atoms with Crippen molar-refractivity contribution >= 4 is 17.9 Å². The van der Waals surface area contributed by atoms with Gasteiger partial charge in [-0.2, -0.15) is 0 Å². The van der Waals surface area contributed by atoms with E-state index in [9.17, 15) is 19.5 Å². The first-order chi connectivity index (χ1) is 48.6. The first-order valence-corrected chi connectivity index (χ1v) is 38.5. The summed E-state index contributed by atoms with van der Waals surface area (Å²) in [5.74, 6) is -2.06. The highest BCUT2D eigenvalue weighted by Crippen LogP contribution is 2.15. The molecule has 0 amide bonds. The number of rotatable bonds is 68. The normalized spacial score (nSPS) is 14.0. The van der Waals surface area contributed by atoms with E-state index in [1.807, 2.05) is 21.1 Å². The van der Waals surface area contributed by atoms with Crippen LogP contribution >= 0.6 is 0 Å². The molecule has 0 aromatic heterocycles. The van der Waals surface area contributed by atoms with Gasteiger partial charge >= 0.3 is 17.9 Å². The molecular weight excluding hydrogens is 1220 g/mol. The summed E-state index contributed by atoms with van der Waals surface area (Å²) >= 11 is 0. The Balaban J connectivity index is 4.23. The van der Waals surface area contributed by atoms with Gasteiger partial charge in [-0.05, 0) is 161 Å². The minimum Gasteiger partial charge on any atom is -0.477 e. The number of likely N-dealkylation sites (N-methyl/N-ethyl adjacent to an activating group) is 1. The molecule has 2 unspecified atom stereocenters. The van der Waals surface area contributed by atoms with E-state index in [2.05, 4.69) is 245 Å². The third kappa shape index (κ3) is 78.6. The maximum atomic E-state index is 13.0. The molecule has 0 heterocycles. The zero-order valence-electron chi connectivity index (χ0n) is 63.0. The summed E-state index contributed by atoms with van der Waals surface area (Å²) in [7, 11) is 5.95. The number of carbonyl (C=O) groups excluding carboxylic acids is 2. The first kappa shape index (κ1) is 92.4. The second-order valence-corrected chi connectivity index (χ2v) is 25.8. The van der Waals surface area contributed by atoms with Crippen LogP contribution in [-0.4, -0.2) is 87.4 Å². The molecule has 0 aliphatic rings. The number of quaternary nitrogens is 1. The van der Waals surface area contributed by atoms with Gasteiger partial charge in [0.2, 0.25) is 0 Å². The van der Waals surface area contributed by atoms with Gasteiger partial charge in [-0.1, -0.05) is 315 Å². The molecule has 0 radical (unpaired) electrons. The second-order valence-electron chi connectivity index (χ2n) is 25.8. The highest BCUT2D eigenvalue weighted by Gasteiger charge is 2.25. The minimum atomic E-state index is -1.53. The number of esters is 2. The Morgan fingerprint density at radius 3 is 0.808 bits per heavy atom. The topological polar surface area (TPSA) is 108 Å². The van der Waals surface area contributed by atoms with Crippen LogP contribution in [0.2, 0.25) is 0 Å². The van der Waals surface area contributed by atoms with Crippen LogP contribution < -0.4 is 0 Å². The van der Waals surface area contributed by atoms with Gasteiger partial charge in [-0.15, -0.1) is 0 Å². The van der Waals surface area contributed by atoms with Crippen LogP contribution in [-0.2, 0) is 33.3 Å². The maximum absolute atomic E-state index is 13.0. The van der Waals surface area contributed by atoms with E-state index in [4.69, 9.17) is 18.9 Å². The van der Waals surface area contributed by atoms with Gasteiger partial charge in [0.05, 0.1) is 34.4 Å². The van der Waals surface area contributed by atoms with Crippen LogP contribution in [0.3, 0.4) is 0 Å². The Bertz CT molecular complexity index is 2490. The highest BCUT2D eigenvalue weighted by atomic mass is 16.7. The van der Waals surface area contributed by atoms with Crippen LogP contribution in [0.25, 0.3) is 0 Å². The van der Waals surface area contributed by atoms with E-state index >= 15 is 0 Å². The molecular formula is C90H140NO8+. The molecule has 0 aliphatic heterocycles. The number of aliphatic carboxylic acids is 1. The van der Waals surface area contributed by atoms with Crippen LogP contribution in [0.5, 0.6) is 0 Å². The lowest BCUT2D eigenvalue weighted by Crippen LogP contribution is -2.40. The van der Waals surface area contributed by atoms with Crippen LogP contribution in [0.1, 0.15) is 258 Å². The van der Waals surface area contributed by atoms with Crippen LogP contribution in [0, 0.1) is 0 Å². The minimum absolute atomic E-state index is 0.170. The largest absolute Gasteiger partial charge is 0.477 e. The SMILES string of the molecule is CC/C=C\C/C=C\C/C=C\C/C=C\C/C=C\C/C=C\C/C=C\C/C=C\C/C=C\C/C=C\C/C=C\CCCCCCCC(=O)OC(COC(=O)CCCCCCCCCCCC/C=C\C/C=C\C/C=C\C/C=C\C/C=C\C/C=C\C/C=C\C/C=C\CC)COC(OCC[N+](C)(C)C)C(=O)O. The van der Waals surface area contributed by atoms with E-state index in [0.29, 0.717) is 17.4 Å². The zero-order chi connectivity index (χ0) is 71.8. The number of allylic oxidation sites excluding steroid dienone is 38. The van der Waals surface area contributed by atoms with Crippen molar-refractivity contribution in [2.75, 3.05) is 47.5 Å². The average Bonchev–Trinajstić information content (AvgIpc) is 1.14. The fourth-order valence-corrected chi connectivity index (χ4v) is 9.62. The molecule has 0 aliphatic carbocycles. The summed E-state index contributed by atoms with van der Waals surface area (Å²) in [5.41, 5.74) is 0. The molecule has 0 saturated heterocycles. The monoisotopic (exact) mass is 1360 g/mol. The van der Waals surface area contributed by atoms with Crippen molar-refractivity contribution in [2.24, 2.45) is 0 Å². The zero-order valence-corrected chi connectivity index (χ0v) is 63.0. The summed E-state index contributed by atoms with van der Waals surface area (Å²) in [6.45, 7) is 4.59. The Morgan fingerprint density at radius 1 is 0.303 bits per heavy atom. The van der Waals surface area contributed by atoms with Crippen molar-refractivity contribution in [1.82, 2.24) is 0 Å². The Morgan fingerprint density at radius 2 is 0.545 bits per heavy atom. The number of carboxylic acid groups (broad SMARTS) is 1. The van der Waals surface area contributed by atoms with Crippen molar-refractivity contribution in [2.45, 2.75) is 270 Å². The third-order valence-corrected chi connectivity index (χ3v) is 15.4. The molecule has 0 rings (SSSR count). The van der Waals surface area contributed by atoms with Gasteiger partial charge < -0.3 is 28.5 Å². The lowest BCUT2D eigenvalue weighted by atomic mass is 10.1. The molecule has 99 heavy (non-hydrogen) atoms. The van der Waals surface area contributed by atoms with Crippen molar-refractivity contribution < 1.29 is 42.9 Å². The predicted molar refractivity (Wildman–Crippen MR) is 428 cm³/mol. The molecule has 0 aromatic rings. The number of hydrogen-bond acceptors (Lipinski definition) is 7. The van der Waals surface area contributed by atoms with Gasteiger partial charge in [-0.25, -0.2) is 4.79 Å². The van der Waals surface area contributed by atoms with Crippen molar-refractivity contribution in [1.29, 1.82) is 0 Å². The molecule has 0 saturated carbocycles. The summed E-state index contributed by atoms with van der Waals surface area (Å²) in [6, 6.07) is 0. The third-order valence-electron chi connectivity index (χ3n) is 15.4. The molecule has 552 valence electrons. The maximum Gasteiger partial charge on any atom is 0.361 e. The predicted octanol–water partition coefficient (Wildman–Crippen LogP) is 25.0. The Kier molecular flexibility index (Phi) is 71.9. The number of nitrogens with zero attached hydrogens (tertiary/aromatic N) is 1. The smallest absolute Gasteiger partial charge is 0.361 e. The van der Waals surface area contributed by atoms with Gasteiger partial charge in [0.1, 0.15) is 13.2 Å². The molecule has 0 spiro atoms. The lowest BCUT2D eigenvalue weighted by Gasteiger charge is -2.25. The number of carboxylic acids is 1. The quantitative estimate of drug-likeness (QED) is 0.0211. The number of carbonyl (C=O) groups is 3. The van der Waals surface area contributed by atoms with Crippen LogP contribution in [0.4, 0.5) is 0 Å². The summed E-state index contributed by atoms with van der Waals surface area (Å²) in [5, 5.41) is 9.77. The highest BCUT2D eigenvalue weighted by molar-refractivity contribution is 5.71. The molecule has 1 N–H and O–H groups in total. The molecule has 9 heteroatoms. The number of hydrogen-bond donors (Lipinski definition) is 1. The van der Waals surface area contributed by atoms with E-state index < -0.39 is 24.3 Å². The second kappa shape index (κ2) is 77.1. The van der Waals surface area contributed by atoms with Gasteiger partial charge in [0.15, 0.2) is 6.10 Å². The van der Waals surface area contributed by atoms with E-state index in [-0.39, 0.29) is 38.6 Å². The van der Waals surface area contributed by atoms with Crippen molar-refractivity contribution in [3.63, 3.8) is 0 Å². The van der Waals surface area contributed by atoms with E-state index in [1.54, 1.807) is 0 Å². The standard InChI is InChI=1S/C90H139NO8/c1-6-8-10-12-14-16-18-20-22-24-26-28-30-32-34-36-38-40-42-43-44-45-47-49-51-53-55-57-59-61-63-65-67-69-71-73-75-77-79-81-88(93)99-86(85-98-90(89(94)95)96-83-82-91(3,4)5)84-97-87(92)80-78-76-74-72-70-68-66-64-62-60-58-56-54-52-50-48-46-41-39-37-35-33-31-29-27-25-23-21-19-17-15-13-11-9-7-2/h8-11,14-17,20-23,26-29,32-35,38-41,43-44,47-50,53-56,59,61,65,67,86,90H,6-7,12-13,18-19,24-25,30-31,36-37,42,45-46,51-52,57-58,60,62-64,66,68-85H2,1-5H3/p+1/b10-8-,11-9-,16-14-,17-15-,22-20-,23-21-,28-26-,29-27-,34-32-,35-33-,40-38-,41-39-,44-43-,49-47-,50-48-,55-53-,56-54-,61-59-,67-65-. The van der Waals surface area contributed by atoms with Gasteiger partial charge in [0.25, 0.3) is 6.29 Å². The molecule has 2 atom stereocenters.